The van der Waals surface area contributed by atoms with Crippen molar-refractivity contribution in [1.82, 2.24) is 9.80 Å². The van der Waals surface area contributed by atoms with Crippen LogP contribution in [0.4, 0.5) is 0 Å². The molecule has 2 saturated heterocycles. The zero-order valence-corrected chi connectivity index (χ0v) is 15.1. The largest absolute Gasteiger partial charge is 0.393 e. The summed E-state index contributed by atoms with van der Waals surface area (Å²) in [7, 11) is 0. The van der Waals surface area contributed by atoms with E-state index in [-0.39, 0.29) is 24.2 Å². The van der Waals surface area contributed by atoms with Crippen molar-refractivity contribution in [3.63, 3.8) is 0 Å². The summed E-state index contributed by atoms with van der Waals surface area (Å²) in [5.41, 5.74) is 1.30. The van der Waals surface area contributed by atoms with Crippen LogP contribution in [0.2, 0.25) is 0 Å². The molecule has 2 heterocycles. The highest BCUT2D eigenvalue weighted by atomic mass is 16.5. The first-order valence-corrected chi connectivity index (χ1v) is 9.47. The minimum absolute atomic E-state index is 0.0298. The van der Waals surface area contributed by atoms with Crippen LogP contribution < -0.4 is 0 Å². The Hall–Kier alpha value is -1.43. The van der Waals surface area contributed by atoms with Crippen molar-refractivity contribution < 1.29 is 14.6 Å². The van der Waals surface area contributed by atoms with Gasteiger partial charge in [-0.2, -0.15) is 0 Å². The van der Waals surface area contributed by atoms with E-state index in [1.54, 1.807) is 6.92 Å². The fourth-order valence-corrected chi connectivity index (χ4v) is 4.00. The molecule has 138 valence electrons. The van der Waals surface area contributed by atoms with Gasteiger partial charge >= 0.3 is 0 Å². The van der Waals surface area contributed by atoms with Crippen LogP contribution in [0.15, 0.2) is 30.3 Å². The predicted octanol–water partition coefficient (Wildman–Crippen LogP) is 2.04. The first-order chi connectivity index (χ1) is 12.1. The second-order valence-electron chi connectivity index (χ2n) is 7.39. The first kappa shape index (κ1) is 18.4. The lowest BCUT2D eigenvalue weighted by Gasteiger charge is -2.34. The molecule has 0 saturated carbocycles. The van der Waals surface area contributed by atoms with Gasteiger partial charge in [0, 0.05) is 32.2 Å². The molecule has 2 fully saturated rings. The number of ether oxygens (including phenoxy) is 1. The maximum absolute atomic E-state index is 12.7. The molecular weight excluding hydrogens is 316 g/mol. The van der Waals surface area contributed by atoms with E-state index >= 15 is 0 Å². The van der Waals surface area contributed by atoms with Crippen molar-refractivity contribution >= 4 is 5.91 Å². The maximum Gasteiger partial charge on any atom is 0.225 e. The summed E-state index contributed by atoms with van der Waals surface area (Å²) in [5, 5.41) is 9.64. The van der Waals surface area contributed by atoms with Crippen LogP contribution in [0.3, 0.4) is 0 Å². The SMILES string of the molecule is CC(O)CC1CCCN1C(=O)CC1CN(Cc2ccccc2)CCO1. The van der Waals surface area contributed by atoms with Gasteiger partial charge in [-0.25, -0.2) is 0 Å². The number of aliphatic hydroxyl groups excluding tert-OH is 1. The molecule has 3 atom stereocenters. The lowest BCUT2D eigenvalue weighted by Crippen LogP contribution is -2.45. The maximum atomic E-state index is 12.7. The molecule has 0 aliphatic carbocycles. The number of carbonyl (C=O) groups excluding carboxylic acids is 1. The van der Waals surface area contributed by atoms with Gasteiger partial charge in [0.2, 0.25) is 5.91 Å². The number of carbonyl (C=O) groups is 1. The Bertz CT molecular complexity index is 549. The number of benzene rings is 1. The fraction of sp³-hybridized carbons (Fsp3) is 0.650. The normalized spacial score (nSPS) is 25.9. The van der Waals surface area contributed by atoms with Gasteiger partial charge < -0.3 is 14.7 Å². The molecule has 3 rings (SSSR count). The van der Waals surface area contributed by atoms with Crippen LogP contribution in [-0.4, -0.2) is 65.3 Å². The molecule has 1 amide bonds. The van der Waals surface area contributed by atoms with Crippen LogP contribution in [0.25, 0.3) is 0 Å². The van der Waals surface area contributed by atoms with Gasteiger partial charge in [0.1, 0.15) is 0 Å². The van der Waals surface area contributed by atoms with E-state index in [0.29, 0.717) is 19.4 Å². The molecule has 0 radical (unpaired) electrons. The first-order valence-electron chi connectivity index (χ1n) is 9.47. The molecule has 1 aromatic rings. The van der Waals surface area contributed by atoms with E-state index < -0.39 is 0 Å². The molecule has 2 aliphatic rings. The van der Waals surface area contributed by atoms with E-state index in [4.69, 9.17) is 4.74 Å². The van der Waals surface area contributed by atoms with Crippen molar-refractivity contribution in [1.29, 1.82) is 0 Å². The summed E-state index contributed by atoms with van der Waals surface area (Å²) in [5.74, 6) is 0.176. The Morgan fingerprint density at radius 1 is 1.32 bits per heavy atom. The van der Waals surface area contributed by atoms with Crippen LogP contribution >= 0.6 is 0 Å². The number of aliphatic hydroxyl groups is 1. The molecule has 5 heteroatoms. The Balaban J connectivity index is 1.51. The predicted molar refractivity (Wildman–Crippen MR) is 97.1 cm³/mol. The van der Waals surface area contributed by atoms with Crippen molar-refractivity contribution in [2.45, 2.75) is 57.4 Å². The lowest BCUT2D eigenvalue weighted by atomic mass is 10.1. The fourth-order valence-electron chi connectivity index (χ4n) is 4.00. The molecule has 0 spiro atoms. The molecule has 5 nitrogen and oxygen atoms in total. The quantitative estimate of drug-likeness (QED) is 0.856. The van der Waals surface area contributed by atoms with Crippen molar-refractivity contribution in [2.24, 2.45) is 0 Å². The lowest BCUT2D eigenvalue weighted by molar-refractivity contribution is -0.137. The standard InChI is InChI=1S/C20H30N2O3/c1-16(23)12-18-8-5-9-22(18)20(24)13-19-15-21(10-11-25-19)14-17-6-3-2-4-7-17/h2-4,6-7,16,18-19,23H,5,8-15H2,1H3. The van der Waals surface area contributed by atoms with E-state index in [1.807, 2.05) is 11.0 Å². The van der Waals surface area contributed by atoms with Gasteiger partial charge in [0.05, 0.1) is 25.2 Å². The van der Waals surface area contributed by atoms with Gasteiger partial charge in [-0.05, 0) is 31.7 Å². The number of rotatable bonds is 6. The highest BCUT2D eigenvalue weighted by Crippen LogP contribution is 2.23. The van der Waals surface area contributed by atoms with Crippen molar-refractivity contribution in [2.75, 3.05) is 26.2 Å². The molecule has 0 aromatic heterocycles. The molecule has 1 N–H and O–H groups in total. The Kier molecular flexibility index (Phi) is 6.45. The summed E-state index contributed by atoms with van der Waals surface area (Å²) >= 11 is 0. The second-order valence-corrected chi connectivity index (χ2v) is 7.39. The zero-order chi connectivity index (χ0) is 17.6. The molecule has 2 aliphatic heterocycles. The zero-order valence-electron chi connectivity index (χ0n) is 15.1. The van der Waals surface area contributed by atoms with Crippen molar-refractivity contribution in [3.05, 3.63) is 35.9 Å². The average molecular weight is 346 g/mol. The third-order valence-electron chi connectivity index (χ3n) is 5.18. The number of likely N-dealkylation sites (tertiary alicyclic amines) is 1. The number of hydrogen-bond donors (Lipinski definition) is 1. The molecule has 3 unspecified atom stereocenters. The van der Waals surface area contributed by atoms with Gasteiger partial charge in [-0.15, -0.1) is 0 Å². The minimum atomic E-state index is -0.356. The van der Waals surface area contributed by atoms with E-state index in [1.165, 1.54) is 5.56 Å². The van der Waals surface area contributed by atoms with Crippen LogP contribution in [-0.2, 0) is 16.1 Å². The second kappa shape index (κ2) is 8.79. The number of amides is 1. The van der Waals surface area contributed by atoms with E-state index in [2.05, 4.69) is 29.2 Å². The van der Waals surface area contributed by atoms with Crippen LogP contribution in [0.1, 0.15) is 38.2 Å². The Morgan fingerprint density at radius 3 is 2.88 bits per heavy atom. The van der Waals surface area contributed by atoms with Gasteiger partial charge in [0.25, 0.3) is 0 Å². The van der Waals surface area contributed by atoms with Gasteiger partial charge in [0.15, 0.2) is 0 Å². The van der Waals surface area contributed by atoms with Gasteiger partial charge in [-0.1, -0.05) is 30.3 Å². The van der Waals surface area contributed by atoms with Crippen LogP contribution in [0, 0.1) is 0 Å². The number of morpholine rings is 1. The molecule has 1 aromatic carbocycles. The molecule has 25 heavy (non-hydrogen) atoms. The highest BCUT2D eigenvalue weighted by Gasteiger charge is 2.32. The highest BCUT2D eigenvalue weighted by molar-refractivity contribution is 5.77. The number of hydrogen-bond acceptors (Lipinski definition) is 4. The minimum Gasteiger partial charge on any atom is -0.393 e. The molecular formula is C20H30N2O3. The summed E-state index contributed by atoms with van der Waals surface area (Å²) in [6.45, 7) is 5.91. The molecule has 0 bridgehead atoms. The Morgan fingerprint density at radius 2 is 2.12 bits per heavy atom. The summed E-state index contributed by atoms with van der Waals surface area (Å²) in [4.78, 5) is 17.0. The number of nitrogens with zero attached hydrogens (tertiary/aromatic N) is 2. The van der Waals surface area contributed by atoms with Crippen LogP contribution in [0.5, 0.6) is 0 Å². The summed E-state index contributed by atoms with van der Waals surface area (Å²) in [6, 6.07) is 10.6. The van der Waals surface area contributed by atoms with Gasteiger partial charge in [-0.3, -0.25) is 9.69 Å². The third kappa shape index (κ3) is 5.27. The third-order valence-corrected chi connectivity index (χ3v) is 5.18. The van der Waals surface area contributed by atoms with Crippen molar-refractivity contribution in [3.8, 4) is 0 Å². The summed E-state index contributed by atoms with van der Waals surface area (Å²) < 4.78 is 5.85. The monoisotopic (exact) mass is 346 g/mol. The Labute approximate surface area is 150 Å². The van der Waals surface area contributed by atoms with E-state index in [0.717, 1.165) is 39.0 Å². The summed E-state index contributed by atoms with van der Waals surface area (Å²) in [6.07, 6.45) is 2.78. The average Bonchev–Trinajstić information content (AvgIpc) is 3.03. The smallest absolute Gasteiger partial charge is 0.225 e. The topological polar surface area (TPSA) is 53.0 Å². The van der Waals surface area contributed by atoms with E-state index in [9.17, 15) is 9.90 Å².